The predicted octanol–water partition coefficient (Wildman–Crippen LogP) is 5.57. The van der Waals surface area contributed by atoms with Crippen LogP contribution in [0.1, 0.15) is 90.9 Å². The van der Waals surface area contributed by atoms with Gasteiger partial charge in [0.05, 0.1) is 27.7 Å². The van der Waals surface area contributed by atoms with Crippen LogP contribution in [0.5, 0.6) is 0 Å². The Morgan fingerprint density at radius 2 is 1.25 bits per heavy atom. The van der Waals surface area contributed by atoms with E-state index in [0.717, 1.165) is 0 Å². The number of likely N-dealkylation sites (N-methyl/N-ethyl adjacent to an activating group) is 1. The molecule has 0 aliphatic carbocycles. The molecule has 0 saturated carbocycles. The molecule has 0 spiro atoms. The lowest BCUT2D eigenvalue weighted by Crippen LogP contribution is -2.40. The minimum atomic E-state index is -0.0518. The molecule has 0 aliphatic heterocycles. The number of hydrogen-bond donors (Lipinski definition) is 0. The third-order valence-electron chi connectivity index (χ3n) is 4.52. The normalized spacial score (nSPS) is 13.0. The van der Waals surface area contributed by atoms with Crippen molar-refractivity contribution in [2.24, 2.45) is 5.92 Å². The molecule has 3 heteroatoms. The maximum atomic E-state index is 11.9. The minimum Gasteiger partial charge on any atom is -0.461 e. The van der Waals surface area contributed by atoms with Gasteiger partial charge < -0.3 is 9.22 Å². The molecule has 1 atom stereocenters. The highest BCUT2D eigenvalue weighted by atomic mass is 16.5. The van der Waals surface area contributed by atoms with Gasteiger partial charge in [-0.05, 0) is 18.8 Å². The molecule has 24 heavy (non-hydrogen) atoms. The molecule has 0 bridgehead atoms. The highest BCUT2D eigenvalue weighted by Crippen LogP contribution is 2.19. The number of carbonyl (C=O) groups excluding carboxylic acids is 1. The van der Waals surface area contributed by atoms with Crippen LogP contribution in [0.15, 0.2) is 0 Å². The van der Waals surface area contributed by atoms with Crippen molar-refractivity contribution >= 4 is 5.97 Å². The van der Waals surface area contributed by atoms with Crippen molar-refractivity contribution in [2.45, 2.75) is 90.9 Å². The second kappa shape index (κ2) is 14.7. The molecule has 0 heterocycles. The average Bonchev–Trinajstić information content (AvgIpc) is 2.49. The maximum absolute atomic E-state index is 11.9. The SMILES string of the molecule is CCCCCCCCC(CCCCCC)COC(=O)C[N+](C)(C)C. The average molecular weight is 343 g/mol. The number of ether oxygens (including phenoxy) is 1. The van der Waals surface area contributed by atoms with E-state index in [2.05, 4.69) is 13.8 Å². The summed E-state index contributed by atoms with van der Waals surface area (Å²) in [6.07, 6.45) is 15.7. The first-order chi connectivity index (χ1) is 11.4. The van der Waals surface area contributed by atoms with Gasteiger partial charge in [0, 0.05) is 0 Å². The molecular formula is C21H44NO2+. The second-order valence-electron chi connectivity index (χ2n) is 8.40. The summed E-state index contributed by atoms with van der Waals surface area (Å²) in [5.41, 5.74) is 0. The Morgan fingerprint density at radius 1 is 0.792 bits per heavy atom. The van der Waals surface area contributed by atoms with Gasteiger partial charge in [0.2, 0.25) is 0 Å². The van der Waals surface area contributed by atoms with Crippen LogP contribution in [0.3, 0.4) is 0 Å². The first kappa shape index (κ1) is 23.4. The van der Waals surface area contributed by atoms with Crippen LogP contribution in [0, 0.1) is 5.92 Å². The quantitative estimate of drug-likeness (QED) is 0.208. The van der Waals surface area contributed by atoms with Crippen LogP contribution in [-0.2, 0) is 9.53 Å². The smallest absolute Gasteiger partial charge is 0.361 e. The molecule has 144 valence electrons. The van der Waals surface area contributed by atoms with E-state index in [1.54, 1.807) is 0 Å². The summed E-state index contributed by atoms with van der Waals surface area (Å²) in [6.45, 7) is 5.59. The van der Waals surface area contributed by atoms with Crippen LogP contribution in [0.4, 0.5) is 0 Å². The molecule has 0 aromatic rings. The number of hydrogen-bond acceptors (Lipinski definition) is 2. The van der Waals surface area contributed by atoms with Crippen LogP contribution in [0.2, 0.25) is 0 Å². The molecule has 0 fully saturated rings. The molecule has 0 saturated heterocycles. The summed E-state index contributed by atoms with van der Waals surface area (Å²) in [7, 11) is 6.08. The number of esters is 1. The van der Waals surface area contributed by atoms with E-state index in [1.807, 2.05) is 21.1 Å². The lowest BCUT2D eigenvalue weighted by molar-refractivity contribution is -0.862. The molecule has 0 N–H and O–H groups in total. The number of carbonyl (C=O) groups is 1. The molecule has 0 aliphatic rings. The summed E-state index contributed by atoms with van der Waals surface area (Å²) >= 11 is 0. The zero-order valence-corrected chi connectivity index (χ0v) is 17.2. The largest absolute Gasteiger partial charge is 0.461 e. The van der Waals surface area contributed by atoms with E-state index in [9.17, 15) is 4.79 Å². The second-order valence-corrected chi connectivity index (χ2v) is 8.40. The number of quaternary nitrogens is 1. The van der Waals surface area contributed by atoms with Crippen molar-refractivity contribution < 1.29 is 14.0 Å². The monoisotopic (exact) mass is 342 g/mol. The fourth-order valence-corrected chi connectivity index (χ4v) is 3.03. The molecule has 0 aromatic heterocycles. The predicted molar refractivity (Wildman–Crippen MR) is 104 cm³/mol. The van der Waals surface area contributed by atoms with Crippen molar-refractivity contribution in [3.05, 3.63) is 0 Å². The summed E-state index contributed by atoms with van der Waals surface area (Å²) in [6, 6.07) is 0. The number of rotatable bonds is 16. The van der Waals surface area contributed by atoms with E-state index < -0.39 is 0 Å². The summed E-state index contributed by atoms with van der Waals surface area (Å²) in [5.74, 6) is 0.508. The Morgan fingerprint density at radius 3 is 1.75 bits per heavy atom. The highest BCUT2D eigenvalue weighted by Gasteiger charge is 2.17. The van der Waals surface area contributed by atoms with Crippen molar-refractivity contribution in [1.82, 2.24) is 0 Å². The Bertz CT molecular complexity index is 297. The zero-order valence-electron chi connectivity index (χ0n) is 17.2. The van der Waals surface area contributed by atoms with Gasteiger partial charge in [-0.1, -0.05) is 78.1 Å². The van der Waals surface area contributed by atoms with Gasteiger partial charge in [-0.15, -0.1) is 0 Å². The maximum Gasteiger partial charge on any atom is 0.361 e. The van der Waals surface area contributed by atoms with E-state index in [-0.39, 0.29) is 5.97 Å². The van der Waals surface area contributed by atoms with Crippen LogP contribution < -0.4 is 0 Å². The van der Waals surface area contributed by atoms with Gasteiger partial charge in [0.1, 0.15) is 0 Å². The van der Waals surface area contributed by atoms with Gasteiger partial charge in [0.15, 0.2) is 6.54 Å². The van der Waals surface area contributed by atoms with Gasteiger partial charge in [0.25, 0.3) is 0 Å². The Labute approximate surface area is 151 Å². The molecule has 0 radical (unpaired) electrons. The third kappa shape index (κ3) is 16.3. The standard InChI is InChI=1S/C21H44NO2/c1-6-8-10-12-13-15-17-20(16-14-11-9-7-2)19-24-21(23)18-22(3,4)5/h20H,6-19H2,1-5H3/q+1. The lowest BCUT2D eigenvalue weighted by Gasteiger charge is -2.23. The molecule has 0 rings (SSSR count). The number of nitrogens with zero attached hydrogens (tertiary/aromatic N) is 1. The fourth-order valence-electron chi connectivity index (χ4n) is 3.03. The van der Waals surface area contributed by atoms with Crippen molar-refractivity contribution in [2.75, 3.05) is 34.3 Å². The van der Waals surface area contributed by atoms with Gasteiger partial charge in [-0.3, -0.25) is 0 Å². The first-order valence-corrected chi connectivity index (χ1v) is 10.3. The minimum absolute atomic E-state index is 0.0518. The summed E-state index contributed by atoms with van der Waals surface area (Å²) < 4.78 is 6.21. The molecular weight excluding hydrogens is 298 g/mol. The fraction of sp³-hybridized carbons (Fsp3) is 0.952. The van der Waals surface area contributed by atoms with Crippen LogP contribution in [0.25, 0.3) is 0 Å². The highest BCUT2D eigenvalue weighted by molar-refractivity contribution is 5.70. The number of unbranched alkanes of at least 4 members (excludes halogenated alkanes) is 8. The van der Waals surface area contributed by atoms with Crippen molar-refractivity contribution in [1.29, 1.82) is 0 Å². The van der Waals surface area contributed by atoms with E-state index in [4.69, 9.17) is 4.74 Å². The Balaban J connectivity index is 4.05. The van der Waals surface area contributed by atoms with Crippen molar-refractivity contribution in [3.63, 3.8) is 0 Å². The Hall–Kier alpha value is -0.570. The molecule has 0 amide bonds. The van der Waals surface area contributed by atoms with Crippen LogP contribution in [-0.4, -0.2) is 44.7 Å². The van der Waals surface area contributed by atoms with Crippen LogP contribution >= 0.6 is 0 Å². The molecule has 0 aromatic carbocycles. The van der Waals surface area contributed by atoms with E-state index in [1.165, 1.54) is 77.0 Å². The van der Waals surface area contributed by atoms with Gasteiger partial charge >= 0.3 is 5.97 Å². The Kier molecular flexibility index (Phi) is 14.4. The summed E-state index contributed by atoms with van der Waals surface area (Å²) in [5, 5.41) is 0. The zero-order chi connectivity index (χ0) is 18.3. The van der Waals surface area contributed by atoms with Gasteiger partial charge in [-0.2, -0.15) is 0 Å². The third-order valence-corrected chi connectivity index (χ3v) is 4.52. The van der Waals surface area contributed by atoms with Crippen molar-refractivity contribution in [3.8, 4) is 0 Å². The topological polar surface area (TPSA) is 26.3 Å². The lowest BCUT2D eigenvalue weighted by atomic mass is 9.95. The summed E-state index contributed by atoms with van der Waals surface area (Å²) in [4.78, 5) is 11.9. The molecule has 1 unspecified atom stereocenters. The molecule has 3 nitrogen and oxygen atoms in total. The van der Waals surface area contributed by atoms with E-state index in [0.29, 0.717) is 23.6 Å². The van der Waals surface area contributed by atoms with E-state index >= 15 is 0 Å². The first-order valence-electron chi connectivity index (χ1n) is 10.3. The van der Waals surface area contributed by atoms with Gasteiger partial charge in [-0.25, -0.2) is 4.79 Å².